The summed E-state index contributed by atoms with van der Waals surface area (Å²) in [7, 11) is 0. The fourth-order valence-corrected chi connectivity index (χ4v) is 4.80. The molecular formula is C27H26BrCl2N3O5. The maximum Gasteiger partial charge on any atom is 0.311 e. The van der Waals surface area contributed by atoms with Crippen molar-refractivity contribution < 1.29 is 23.5 Å². The van der Waals surface area contributed by atoms with Gasteiger partial charge >= 0.3 is 11.8 Å². The van der Waals surface area contributed by atoms with E-state index < -0.39 is 11.8 Å². The molecule has 1 aliphatic rings. The van der Waals surface area contributed by atoms with Crippen LogP contribution in [0.25, 0.3) is 0 Å². The average Bonchev–Trinajstić information content (AvgIpc) is 3.23. The van der Waals surface area contributed by atoms with E-state index in [-0.39, 0.29) is 18.5 Å². The number of amides is 3. The molecule has 11 heteroatoms. The number of piperidine rings is 1. The first-order chi connectivity index (χ1) is 18.1. The molecule has 0 saturated carbocycles. The van der Waals surface area contributed by atoms with Crippen LogP contribution in [0.15, 0.2) is 51.4 Å². The number of likely N-dealkylation sites (tertiary alicyclic amines) is 1. The molecule has 8 nitrogen and oxygen atoms in total. The van der Waals surface area contributed by atoms with Crippen molar-refractivity contribution in [3.05, 3.63) is 79.6 Å². The summed E-state index contributed by atoms with van der Waals surface area (Å²) in [5, 5.41) is 6.40. The maximum atomic E-state index is 12.8. The first kappa shape index (κ1) is 28.0. The summed E-state index contributed by atoms with van der Waals surface area (Å²) in [5.74, 6) is 0.351. The Morgan fingerprint density at radius 2 is 1.79 bits per heavy atom. The summed E-state index contributed by atoms with van der Waals surface area (Å²) in [4.78, 5) is 39.4. The first-order valence-electron chi connectivity index (χ1n) is 12.0. The van der Waals surface area contributed by atoms with E-state index in [0.29, 0.717) is 64.6 Å². The lowest BCUT2D eigenvalue weighted by Gasteiger charge is -2.31. The van der Waals surface area contributed by atoms with Crippen molar-refractivity contribution in [3.63, 3.8) is 0 Å². The van der Waals surface area contributed by atoms with Crippen LogP contribution in [0.4, 0.5) is 0 Å². The van der Waals surface area contributed by atoms with Crippen molar-refractivity contribution in [2.45, 2.75) is 39.3 Å². The molecule has 0 unspecified atom stereocenters. The van der Waals surface area contributed by atoms with Gasteiger partial charge in [-0.2, -0.15) is 0 Å². The zero-order valence-electron chi connectivity index (χ0n) is 20.8. The summed E-state index contributed by atoms with van der Waals surface area (Å²) in [6.45, 7) is 4.42. The first-order valence-corrected chi connectivity index (χ1v) is 13.5. The minimum Gasteiger partial charge on any atom is -0.457 e. The Bertz CT molecular complexity index is 1370. The summed E-state index contributed by atoms with van der Waals surface area (Å²) in [6, 6.07) is 12.0. The lowest BCUT2D eigenvalue weighted by Crippen LogP contribution is -2.50. The number of carbonyl (C=O) groups is 3. The minimum absolute atomic E-state index is 0.0863. The molecule has 1 aromatic heterocycles. The van der Waals surface area contributed by atoms with Gasteiger partial charge in [-0.3, -0.25) is 14.4 Å². The number of nitrogens with zero attached hydrogens (tertiary/aromatic N) is 1. The van der Waals surface area contributed by atoms with Crippen LogP contribution in [-0.4, -0.2) is 41.8 Å². The molecule has 3 amide bonds. The van der Waals surface area contributed by atoms with Crippen LogP contribution in [0.5, 0.6) is 11.5 Å². The Labute approximate surface area is 238 Å². The molecule has 0 radical (unpaired) electrons. The van der Waals surface area contributed by atoms with Gasteiger partial charge in [0, 0.05) is 47.3 Å². The summed E-state index contributed by atoms with van der Waals surface area (Å²) in [6.07, 6.45) is 1.08. The van der Waals surface area contributed by atoms with Gasteiger partial charge in [0.05, 0.1) is 10.0 Å². The van der Waals surface area contributed by atoms with Gasteiger partial charge in [0.1, 0.15) is 17.3 Å². The third kappa shape index (κ3) is 6.89. The predicted molar refractivity (Wildman–Crippen MR) is 148 cm³/mol. The van der Waals surface area contributed by atoms with Crippen LogP contribution in [0.2, 0.25) is 10.0 Å². The largest absolute Gasteiger partial charge is 0.457 e. The minimum atomic E-state index is -0.711. The van der Waals surface area contributed by atoms with Crippen molar-refractivity contribution in [2.75, 3.05) is 13.1 Å². The van der Waals surface area contributed by atoms with Gasteiger partial charge in [-0.05, 0) is 57.0 Å². The Morgan fingerprint density at radius 3 is 2.45 bits per heavy atom. The van der Waals surface area contributed by atoms with Gasteiger partial charge in [-0.15, -0.1) is 0 Å². The predicted octanol–water partition coefficient (Wildman–Crippen LogP) is 5.80. The van der Waals surface area contributed by atoms with Crippen molar-refractivity contribution in [3.8, 4) is 11.5 Å². The van der Waals surface area contributed by atoms with Gasteiger partial charge in [-0.25, -0.2) is 0 Å². The Balaban J connectivity index is 1.30. The zero-order valence-corrected chi connectivity index (χ0v) is 23.9. The SMILES string of the molecule is Cc1cc(C)c(C(=O)NC2CCN(C(=O)C(=O)NCc3ccc(Br)cc3Oc3ccc(Cl)c(Cl)c3)CC2)o1. The van der Waals surface area contributed by atoms with Crippen molar-refractivity contribution in [2.24, 2.45) is 0 Å². The van der Waals surface area contributed by atoms with Gasteiger partial charge in [0.25, 0.3) is 5.91 Å². The number of halogens is 3. The number of hydrogen-bond donors (Lipinski definition) is 2. The smallest absolute Gasteiger partial charge is 0.311 e. The van der Waals surface area contributed by atoms with Crippen LogP contribution < -0.4 is 15.4 Å². The number of nitrogens with one attached hydrogen (secondary N) is 2. The number of ether oxygens (including phenoxy) is 1. The van der Waals surface area contributed by atoms with E-state index in [2.05, 4.69) is 26.6 Å². The maximum absolute atomic E-state index is 12.8. The van der Waals surface area contributed by atoms with E-state index in [0.717, 1.165) is 10.0 Å². The second-order valence-corrected chi connectivity index (χ2v) is 10.8. The van der Waals surface area contributed by atoms with Gasteiger partial charge < -0.3 is 24.7 Å². The second kappa shape index (κ2) is 12.2. The molecule has 200 valence electrons. The fourth-order valence-electron chi connectivity index (χ4n) is 4.18. The number of aryl methyl sites for hydroxylation is 2. The van der Waals surface area contributed by atoms with E-state index in [9.17, 15) is 14.4 Å². The van der Waals surface area contributed by atoms with Crippen LogP contribution >= 0.6 is 39.1 Å². The van der Waals surface area contributed by atoms with Crippen LogP contribution in [0, 0.1) is 13.8 Å². The van der Waals surface area contributed by atoms with E-state index in [1.54, 1.807) is 37.3 Å². The summed E-state index contributed by atoms with van der Waals surface area (Å²) < 4.78 is 12.2. The third-order valence-corrected chi connectivity index (χ3v) is 7.38. The van der Waals surface area contributed by atoms with E-state index >= 15 is 0 Å². The molecule has 0 bridgehead atoms. The van der Waals surface area contributed by atoms with E-state index in [1.165, 1.54) is 4.90 Å². The molecule has 0 aliphatic carbocycles. The highest BCUT2D eigenvalue weighted by molar-refractivity contribution is 9.10. The number of benzene rings is 2. The van der Waals surface area contributed by atoms with Crippen molar-refractivity contribution in [1.29, 1.82) is 0 Å². The molecule has 2 heterocycles. The van der Waals surface area contributed by atoms with Crippen molar-refractivity contribution >= 4 is 56.9 Å². The Hall–Kier alpha value is -3.01. The number of rotatable bonds is 6. The molecule has 38 heavy (non-hydrogen) atoms. The molecule has 1 fully saturated rings. The molecule has 1 aliphatic heterocycles. The number of carbonyl (C=O) groups excluding carboxylic acids is 3. The van der Waals surface area contributed by atoms with E-state index in [4.69, 9.17) is 32.4 Å². The molecule has 0 spiro atoms. The second-order valence-electron chi connectivity index (χ2n) is 9.02. The number of hydrogen-bond acceptors (Lipinski definition) is 5. The highest BCUT2D eigenvalue weighted by atomic mass is 79.9. The molecule has 2 N–H and O–H groups in total. The monoisotopic (exact) mass is 621 g/mol. The molecule has 4 rings (SSSR count). The van der Waals surface area contributed by atoms with Crippen LogP contribution in [0.1, 0.15) is 40.3 Å². The molecule has 0 atom stereocenters. The Morgan fingerprint density at radius 1 is 1.05 bits per heavy atom. The van der Waals surface area contributed by atoms with Crippen LogP contribution in [0.3, 0.4) is 0 Å². The Kier molecular flexibility index (Phi) is 9.02. The highest BCUT2D eigenvalue weighted by Gasteiger charge is 2.28. The lowest BCUT2D eigenvalue weighted by molar-refractivity contribution is -0.146. The van der Waals surface area contributed by atoms with E-state index in [1.807, 2.05) is 19.1 Å². The molecule has 2 aromatic carbocycles. The lowest BCUT2D eigenvalue weighted by atomic mass is 10.0. The quantitative estimate of drug-likeness (QED) is 0.339. The normalized spacial score (nSPS) is 13.8. The highest BCUT2D eigenvalue weighted by Crippen LogP contribution is 2.32. The van der Waals surface area contributed by atoms with Gasteiger partial charge in [-0.1, -0.05) is 45.2 Å². The van der Waals surface area contributed by atoms with Crippen molar-refractivity contribution in [1.82, 2.24) is 15.5 Å². The molecular weight excluding hydrogens is 597 g/mol. The van der Waals surface area contributed by atoms with Crippen LogP contribution in [-0.2, 0) is 16.1 Å². The van der Waals surface area contributed by atoms with Gasteiger partial charge in [0.15, 0.2) is 5.76 Å². The summed E-state index contributed by atoms with van der Waals surface area (Å²) in [5.41, 5.74) is 1.45. The molecule has 3 aromatic rings. The fraction of sp³-hybridized carbons (Fsp3) is 0.296. The topological polar surface area (TPSA) is 101 Å². The van der Waals surface area contributed by atoms with Gasteiger partial charge in [0.2, 0.25) is 0 Å². The zero-order chi connectivity index (χ0) is 27.4. The third-order valence-electron chi connectivity index (χ3n) is 6.15. The molecule has 1 saturated heterocycles. The standard InChI is InChI=1S/C27H26BrCl2N3O5/c1-15-11-16(2)37-24(15)25(34)32-19-7-9-33(10-8-19)27(36)26(35)31-14-17-3-4-18(28)12-23(17)38-20-5-6-21(29)22(30)13-20/h3-6,11-13,19H,7-10,14H2,1-2H3,(H,31,35)(H,32,34). The average molecular weight is 623 g/mol. The number of furan rings is 1. The summed E-state index contributed by atoms with van der Waals surface area (Å²) >= 11 is 15.5.